The molecule has 10 aromatic rings. The Hall–Kier alpha value is -7.42. The molecule has 0 radical (unpaired) electrons. The van der Waals surface area contributed by atoms with Gasteiger partial charge in [-0.1, -0.05) is 158 Å². The summed E-state index contributed by atoms with van der Waals surface area (Å²) < 4.78 is 2.44. The number of nitrogens with zero attached hydrogens (tertiary/aromatic N) is 2. The molecule has 56 heavy (non-hydrogen) atoms. The molecular formula is C54H38N2. The number of fused-ring (bicyclic) bond motifs is 3. The SMILES string of the molecule is c1ccc(-c2ccc(N(c3ccccc3)c3ccc(-c4ccc5c(c4)c4cc(-c6ccccc6)cc(-c6ccccc6)c4n5-c4ccccc4)cc3)cc2)cc1. The van der Waals surface area contributed by atoms with E-state index in [1.807, 2.05) is 0 Å². The zero-order valence-electron chi connectivity index (χ0n) is 30.8. The van der Waals surface area contributed by atoms with Crippen molar-refractivity contribution >= 4 is 38.9 Å². The van der Waals surface area contributed by atoms with Crippen LogP contribution in [0.25, 0.3) is 72.0 Å². The standard InChI is InChI=1S/C54H38N2/c1-6-16-39(17-7-1)41-26-31-48(32-27-41)55(46-22-12-4-13-23-46)49-33-28-42(29-34-49)44-30-35-53-51(36-44)52-38-45(40-18-8-2-9-19-40)37-50(43-20-10-3-11-21-43)54(52)56(53)47-24-14-5-15-25-47/h1-38H. The summed E-state index contributed by atoms with van der Waals surface area (Å²) in [5.41, 5.74) is 16.5. The van der Waals surface area contributed by atoms with Crippen LogP contribution in [0.3, 0.4) is 0 Å². The molecule has 0 bridgehead atoms. The second kappa shape index (κ2) is 14.4. The Morgan fingerprint density at radius 3 is 1.27 bits per heavy atom. The predicted molar refractivity (Wildman–Crippen MR) is 237 cm³/mol. The normalized spacial score (nSPS) is 11.2. The highest BCUT2D eigenvalue weighted by Gasteiger charge is 2.20. The second-order valence-electron chi connectivity index (χ2n) is 14.2. The van der Waals surface area contributed by atoms with Crippen molar-refractivity contribution in [2.75, 3.05) is 4.90 Å². The van der Waals surface area contributed by atoms with Gasteiger partial charge in [-0.05, 0) is 112 Å². The third kappa shape index (κ3) is 6.14. The van der Waals surface area contributed by atoms with Gasteiger partial charge in [0.05, 0.1) is 11.0 Å². The minimum Gasteiger partial charge on any atom is -0.311 e. The Morgan fingerprint density at radius 1 is 0.286 bits per heavy atom. The molecule has 0 spiro atoms. The van der Waals surface area contributed by atoms with Gasteiger partial charge in [0.25, 0.3) is 0 Å². The van der Waals surface area contributed by atoms with Crippen molar-refractivity contribution in [2.24, 2.45) is 0 Å². The molecule has 0 unspecified atom stereocenters. The molecule has 9 aromatic carbocycles. The van der Waals surface area contributed by atoms with E-state index in [2.05, 4.69) is 240 Å². The van der Waals surface area contributed by atoms with Crippen LogP contribution in [0.5, 0.6) is 0 Å². The van der Waals surface area contributed by atoms with Crippen molar-refractivity contribution in [3.05, 3.63) is 231 Å². The molecule has 1 aromatic heterocycles. The van der Waals surface area contributed by atoms with E-state index in [1.54, 1.807) is 0 Å². The average molecular weight is 715 g/mol. The monoisotopic (exact) mass is 714 g/mol. The Balaban J connectivity index is 1.11. The van der Waals surface area contributed by atoms with Crippen LogP contribution in [0.4, 0.5) is 17.1 Å². The van der Waals surface area contributed by atoms with Crippen LogP contribution in [0, 0.1) is 0 Å². The van der Waals surface area contributed by atoms with E-state index in [0.29, 0.717) is 0 Å². The van der Waals surface area contributed by atoms with Crippen LogP contribution >= 0.6 is 0 Å². The van der Waals surface area contributed by atoms with Crippen molar-refractivity contribution in [3.63, 3.8) is 0 Å². The number of hydrogen-bond donors (Lipinski definition) is 0. The molecule has 2 nitrogen and oxygen atoms in total. The topological polar surface area (TPSA) is 8.17 Å². The van der Waals surface area contributed by atoms with Crippen molar-refractivity contribution < 1.29 is 0 Å². The number of hydrogen-bond acceptors (Lipinski definition) is 1. The maximum Gasteiger partial charge on any atom is 0.0619 e. The first-order valence-electron chi connectivity index (χ1n) is 19.2. The summed E-state index contributed by atoms with van der Waals surface area (Å²) in [5, 5.41) is 2.46. The van der Waals surface area contributed by atoms with E-state index in [4.69, 9.17) is 0 Å². The summed E-state index contributed by atoms with van der Waals surface area (Å²) >= 11 is 0. The quantitative estimate of drug-likeness (QED) is 0.152. The lowest BCUT2D eigenvalue weighted by molar-refractivity contribution is 1.18. The van der Waals surface area contributed by atoms with Crippen LogP contribution in [-0.4, -0.2) is 4.57 Å². The average Bonchev–Trinajstić information content (AvgIpc) is 3.62. The fourth-order valence-electron chi connectivity index (χ4n) is 8.07. The van der Waals surface area contributed by atoms with Gasteiger partial charge in [0, 0.05) is 39.1 Å². The van der Waals surface area contributed by atoms with E-state index >= 15 is 0 Å². The van der Waals surface area contributed by atoms with Gasteiger partial charge in [0.1, 0.15) is 0 Å². The van der Waals surface area contributed by atoms with Gasteiger partial charge >= 0.3 is 0 Å². The molecule has 0 saturated heterocycles. The highest BCUT2D eigenvalue weighted by molar-refractivity contribution is 6.16. The molecule has 0 aliphatic rings. The first-order chi connectivity index (χ1) is 27.8. The van der Waals surface area contributed by atoms with Gasteiger partial charge in [-0.3, -0.25) is 0 Å². The number of aromatic nitrogens is 1. The number of anilines is 3. The minimum absolute atomic E-state index is 1.11. The summed E-state index contributed by atoms with van der Waals surface area (Å²) in [5.74, 6) is 0. The summed E-state index contributed by atoms with van der Waals surface area (Å²) in [7, 11) is 0. The lowest BCUT2D eigenvalue weighted by atomic mass is 9.95. The molecule has 264 valence electrons. The zero-order valence-corrected chi connectivity index (χ0v) is 30.8. The zero-order chi connectivity index (χ0) is 37.3. The number of benzene rings is 9. The van der Waals surface area contributed by atoms with Crippen molar-refractivity contribution in [2.45, 2.75) is 0 Å². The molecule has 0 fully saturated rings. The van der Waals surface area contributed by atoms with E-state index in [1.165, 1.54) is 66.3 Å². The van der Waals surface area contributed by atoms with Crippen LogP contribution in [0.15, 0.2) is 231 Å². The molecular weight excluding hydrogens is 677 g/mol. The Bertz CT molecular complexity index is 2900. The first-order valence-corrected chi connectivity index (χ1v) is 19.2. The van der Waals surface area contributed by atoms with Gasteiger partial charge in [-0.15, -0.1) is 0 Å². The van der Waals surface area contributed by atoms with Gasteiger partial charge in [-0.25, -0.2) is 0 Å². The number of para-hydroxylation sites is 2. The molecule has 0 N–H and O–H groups in total. The van der Waals surface area contributed by atoms with Crippen molar-refractivity contribution in [1.29, 1.82) is 0 Å². The molecule has 10 rings (SSSR count). The Labute approximate surface area is 327 Å². The van der Waals surface area contributed by atoms with Crippen LogP contribution in [-0.2, 0) is 0 Å². The lowest BCUT2D eigenvalue weighted by Crippen LogP contribution is -2.09. The molecule has 0 atom stereocenters. The summed E-state index contributed by atoms with van der Waals surface area (Å²) in [6.45, 7) is 0. The molecule has 0 aliphatic carbocycles. The minimum atomic E-state index is 1.11. The number of rotatable bonds is 8. The highest BCUT2D eigenvalue weighted by atomic mass is 15.1. The van der Waals surface area contributed by atoms with Gasteiger partial charge in [0.2, 0.25) is 0 Å². The van der Waals surface area contributed by atoms with Gasteiger partial charge < -0.3 is 9.47 Å². The van der Waals surface area contributed by atoms with E-state index in [-0.39, 0.29) is 0 Å². The summed E-state index contributed by atoms with van der Waals surface area (Å²) in [6.07, 6.45) is 0. The van der Waals surface area contributed by atoms with Crippen molar-refractivity contribution in [1.82, 2.24) is 4.57 Å². The largest absolute Gasteiger partial charge is 0.311 e. The lowest BCUT2D eigenvalue weighted by Gasteiger charge is -2.26. The van der Waals surface area contributed by atoms with Crippen LogP contribution in [0.2, 0.25) is 0 Å². The molecule has 2 heteroatoms. The maximum absolute atomic E-state index is 2.44. The molecule has 0 amide bonds. The second-order valence-corrected chi connectivity index (χ2v) is 14.2. The van der Waals surface area contributed by atoms with E-state index < -0.39 is 0 Å². The van der Waals surface area contributed by atoms with Gasteiger partial charge in [-0.2, -0.15) is 0 Å². The molecule has 1 heterocycles. The smallest absolute Gasteiger partial charge is 0.0619 e. The Morgan fingerprint density at radius 2 is 0.696 bits per heavy atom. The molecule has 0 saturated carbocycles. The maximum atomic E-state index is 2.44. The van der Waals surface area contributed by atoms with Crippen molar-refractivity contribution in [3.8, 4) is 50.2 Å². The molecule has 0 aliphatic heterocycles. The summed E-state index contributed by atoms with van der Waals surface area (Å²) in [4.78, 5) is 2.32. The first kappa shape index (κ1) is 33.2. The fraction of sp³-hybridized carbons (Fsp3) is 0. The summed E-state index contributed by atoms with van der Waals surface area (Å²) in [6, 6.07) is 83.0. The fourth-order valence-corrected chi connectivity index (χ4v) is 8.07. The Kier molecular flexibility index (Phi) is 8.55. The van der Waals surface area contributed by atoms with Crippen LogP contribution < -0.4 is 4.90 Å². The van der Waals surface area contributed by atoms with Crippen LogP contribution in [0.1, 0.15) is 0 Å². The third-order valence-electron chi connectivity index (χ3n) is 10.8. The van der Waals surface area contributed by atoms with E-state index in [9.17, 15) is 0 Å². The van der Waals surface area contributed by atoms with Gasteiger partial charge in [0.15, 0.2) is 0 Å². The van der Waals surface area contributed by atoms with E-state index in [0.717, 1.165) is 22.7 Å². The predicted octanol–water partition coefficient (Wildman–Crippen LogP) is 14.9. The highest BCUT2D eigenvalue weighted by Crippen LogP contribution is 2.43. The third-order valence-corrected chi connectivity index (χ3v) is 10.8.